The van der Waals surface area contributed by atoms with Gasteiger partial charge in [-0.3, -0.25) is 49.1 Å². The number of anilines is 4. The van der Waals surface area contributed by atoms with Crippen LogP contribution in [0.15, 0.2) is 276 Å². The Labute approximate surface area is 722 Å². The van der Waals surface area contributed by atoms with Crippen LogP contribution >= 0.6 is 0 Å². The van der Waals surface area contributed by atoms with E-state index in [0.717, 1.165) is 145 Å². The highest BCUT2D eigenvalue weighted by Crippen LogP contribution is 2.38. The van der Waals surface area contributed by atoms with Crippen molar-refractivity contribution in [3.8, 4) is 94.9 Å². The fraction of sp³-hybridized carbons (Fsp3) is 0.165. The Bertz CT molecular complexity index is 6180. The van der Waals surface area contributed by atoms with Gasteiger partial charge in [-0.2, -0.15) is 0 Å². The van der Waals surface area contributed by atoms with Crippen molar-refractivity contribution in [2.24, 2.45) is 0 Å². The maximum absolute atomic E-state index is 12.4. The Hall–Kier alpha value is -15.5. The Kier molecular flexibility index (Phi) is 29.1. The number of nitrogens with one attached hydrogen (secondary N) is 4. The van der Waals surface area contributed by atoms with Gasteiger partial charge in [0.05, 0.1) is 81.1 Å². The molecule has 0 unspecified atom stereocenters. The molecule has 0 spiro atoms. The smallest absolute Gasteiger partial charge is 0.250 e. The summed E-state index contributed by atoms with van der Waals surface area (Å²) >= 11 is 0. The summed E-state index contributed by atoms with van der Waals surface area (Å²) in [5.74, 6) is -0.0488. The Morgan fingerprint density at radius 1 is 0.312 bits per heavy atom. The molecule has 4 N–H and O–H groups in total. The highest BCUT2D eigenvalue weighted by atomic mass is 16.5. The third-order valence-electron chi connectivity index (χ3n) is 20.3. The number of likely N-dealkylation sites (N-methyl/N-ethyl adjacent to an activating group) is 4. The number of methoxy groups -OCH3 is 5. The predicted molar refractivity (Wildman–Crippen MR) is 491 cm³/mol. The summed E-state index contributed by atoms with van der Waals surface area (Å²) in [5, 5.41) is 4.04. The van der Waals surface area contributed by atoms with Gasteiger partial charge in [-0.05, 0) is 122 Å². The third kappa shape index (κ3) is 21.6. The number of ether oxygens (including phenoxy) is 5. The summed E-state index contributed by atoms with van der Waals surface area (Å²) in [6, 6.07) is 36.4. The molecule has 16 aromatic rings. The molecule has 0 aliphatic carbocycles. The minimum atomic E-state index is -0.158. The number of hydrogen-bond acceptors (Lipinski definition) is 20. The van der Waals surface area contributed by atoms with Crippen molar-refractivity contribution in [2.75, 3.05) is 110 Å². The van der Waals surface area contributed by atoms with E-state index in [0.29, 0.717) is 55.1 Å². The molecular weight excluding hydrogens is 1580 g/mol. The van der Waals surface area contributed by atoms with E-state index in [2.05, 4.69) is 142 Å². The zero-order chi connectivity index (χ0) is 87.9. The lowest BCUT2D eigenvalue weighted by molar-refractivity contribution is -0.114. The number of fused-ring (bicyclic) bond motifs is 4. The van der Waals surface area contributed by atoms with E-state index in [9.17, 15) is 19.2 Å². The lowest BCUT2D eigenvalue weighted by atomic mass is 10.0. The second-order valence-electron chi connectivity index (χ2n) is 28.9. The molecule has 16 rings (SSSR count). The first-order valence-electron chi connectivity index (χ1n) is 39.7. The van der Waals surface area contributed by atoms with Crippen LogP contribution < -0.4 is 24.3 Å². The summed E-state index contributed by atoms with van der Waals surface area (Å²) < 4.78 is 25.1. The number of rotatable bonds is 25. The highest BCUT2D eigenvalue weighted by Gasteiger charge is 2.20. The number of aryl methyl sites for hydroxylation is 3. The molecule has 0 radical (unpaired) electrons. The van der Waals surface area contributed by atoms with Crippen molar-refractivity contribution in [3.63, 3.8) is 0 Å². The van der Waals surface area contributed by atoms with Crippen LogP contribution in [0.25, 0.3) is 133 Å². The minimum Gasteiger partial charge on any atom is -0.481 e. The number of benzene rings is 1. The summed E-state index contributed by atoms with van der Waals surface area (Å²) in [6.07, 6.45) is 46.8. The molecule has 0 atom stereocenters. The van der Waals surface area contributed by atoms with Crippen molar-refractivity contribution in [1.82, 2.24) is 74.8 Å². The van der Waals surface area contributed by atoms with Gasteiger partial charge in [-0.25, -0.2) is 24.9 Å². The van der Waals surface area contributed by atoms with Gasteiger partial charge in [-0.15, -0.1) is 0 Å². The molecule has 1 aromatic carbocycles. The molecule has 4 amide bonds. The van der Waals surface area contributed by atoms with Crippen LogP contribution in [0.2, 0.25) is 0 Å². The molecule has 28 heteroatoms. The second kappa shape index (κ2) is 41.7. The first-order valence-corrected chi connectivity index (χ1v) is 39.7. The molecule has 630 valence electrons. The van der Waals surface area contributed by atoms with Crippen LogP contribution in [-0.4, -0.2) is 189 Å². The monoisotopic (exact) mass is 1670 g/mol. The van der Waals surface area contributed by atoms with Crippen LogP contribution in [-0.2, 0) is 38.1 Å². The van der Waals surface area contributed by atoms with Gasteiger partial charge in [-0.1, -0.05) is 54.1 Å². The number of carbonyl (C=O) groups is 4. The molecular formula is C97H93N19O9. The number of hydrogen-bond donors (Lipinski definition) is 4. The molecule has 15 heterocycles. The Morgan fingerprint density at radius 2 is 0.592 bits per heavy atom. The topological polar surface area (TPSA) is 332 Å². The van der Waals surface area contributed by atoms with Gasteiger partial charge in [0.2, 0.25) is 5.88 Å². The molecule has 0 aliphatic rings. The summed E-state index contributed by atoms with van der Waals surface area (Å²) in [4.78, 5) is 117. The van der Waals surface area contributed by atoms with Gasteiger partial charge < -0.3 is 63.2 Å². The predicted octanol–water partition coefficient (Wildman–Crippen LogP) is 16.9. The molecule has 15 aromatic heterocycles. The van der Waals surface area contributed by atoms with Crippen molar-refractivity contribution >= 4 is 90.5 Å². The van der Waals surface area contributed by atoms with E-state index < -0.39 is 0 Å². The largest absolute Gasteiger partial charge is 0.481 e. The number of amides is 4. The SMILES string of the molecule is COC/C=C/C(=O)N(C)c1cncc(-c2cnc3[nH]cc(-c4cccc(C)c4)c3c2)c1.COC/C=C/C(=O)N(C)c1cncc(-c2cnc3[nH]cc(-c4ccnc(C)c4)c3c2)c1.COC/C=C/C(=O)N(C)c1cncc(-c2cnc3[nH]cc(-c4ccnc(C)c4)c3c2)c1.COC/C=C/C(=O)N(C)c1cncc(-c2cnc3[nH]cc(-c4ccnc(OC)c4)c3c2)c1. The van der Waals surface area contributed by atoms with E-state index in [1.165, 1.54) is 29.9 Å². The fourth-order valence-electron chi connectivity index (χ4n) is 13.5. The Morgan fingerprint density at radius 3 is 0.872 bits per heavy atom. The van der Waals surface area contributed by atoms with Crippen molar-refractivity contribution < 1.29 is 42.9 Å². The van der Waals surface area contributed by atoms with Gasteiger partial charge in [0, 0.05) is 280 Å². The summed E-state index contributed by atoms with van der Waals surface area (Å²) in [5.41, 5.74) is 24.8. The summed E-state index contributed by atoms with van der Waals surface area (Å²) in [6.45, 7) is 7.58. The molecule has 0 aliphatic heterocycles. The standard InChI is InChI=1S/C25H24N4O2.C24H23N5O3.2C24H23N5O2/c1-17-6-4-7-18(10-17)23-16-28-25-22(23)12-20(14-27-25)19-11-21(15-26-13-19)29(2)24(30)8-5-9-31-3;1-29(23(30)5-4-8-31-2)19-9-17(12-25-14-19)18-10-20-21(15-28-24(20)27-13-18)16-6-7-26-22(11-16)32-3;2*1-16-9-17(6-7-26-16)22-15-28-24-21(22)11-19(13-27-24)18-10-20(14-25-12-18)29(2)23(30)5-4-8-31-3/h4-8,10-16H,9H2,1-3H3,(H,27,28);4-7,9-15H,8H2,1-3H3,(H,27,28);2*4-7,9-15H,8H2,1-3H3,(H,27,28)/b8-5+;3*5-4+. The molecule has 0 fully saturated rings. The van der Waals surface area contributed by atoms with Gasteiger partial charge in [0.15, 0.2) is 0 Å². The van der Waals surface area contributed by atoms with E-state index in [1.807, 2.05) is 118 Å². The molecule has 0 saturated heterocycles. The van der Waals surface area contributed by atoms with E-state index in [-0.39, 0.29) is 23.6 Å². The van der Waals surface area contributed by atoms with Gasteiger partial charge >= 0.3 is 0 Å². The number of aromatic nitrogens is 15. The number of carbonyl (C=O) groups excluding carboxylic acids is 4. The fourth-order valence-corrected chi connectivity index (χ4v) is 13.5. The molecule has 0 bridgehead atoms. The van der Waals surface area contributed by atoms with Gasteiger partial charge in [0.25, 0.3) is 23.6 Å². The first-order chi connectivity index (χ1) is 60.8. The maximum atomic E-state index is 12.4. The quantitative estimate of drug-likeness (QED) is 0.0386. The third-order valence-corrected chi connectivity index (χ3v) is 20.3. The van der Waals surface area contributed by atoms with Gasteiger partial charge in [0.1, 0.15) is 22.6 Å². The molecule has 28 nitrogen and oxygen atoms in total. The summed E-state index contributed by atoms with van der Waals surface area (Å²) in [7, 11) is 14.8. The van der Waals surface area contributed by atoms with Crippen LogP contribution in [0.3, 0.4) is 0 Å². The number of aromatic amines is 4. The lowest BCUT2D eigenvalue weighted by Gasteiger charge is -2.16. The Balaban J connectivity index is 0.000000143. The second-order valence-corrected chi connectivity index (χ2v) is 28.9. The van der Waals surface area contributed by atoms with Crippen LogP contribution in [0, 0.1) is 20.8 Å². The van der Waals surface area contributed by atoms with Crippen LogP contribution in [0.5, 0.6) is 5.88 Å². The number of pyridine rings is 11. The number of H-pyrrole nitrogens is 4. The molecule has 125 heavy (non-hydrogen) atoms. The van der Waals surface area contributed by atoms with Crippen molar-refractivity contribution in [3.05, 3.63) is 292 Å². The van der Waals surface area contributed by atoms with E-state index in [1.54, 1.807) is 170 Å². The zero-order valence-corrected chi connectivity index (χ0v) is 71.2. The average Bonchev–Trinajstić information content (AvgIpc) is 1.68. The normalized spacial score (nSPS) is 11.3. The lowest BCUT2D eigenvalue weighted by Crippen LogP contribution is -2.24. The molecule has 0 saturated carbocycles. The number of nitrogens with zero attached hydrogens (tertiary/aromatic N) is 15. The van der Waals surface area contributed by atoms with E-state index in [4.69, 9.17) is 23.7 Å². The maximum Gasteiger partial charge on any atom is 0.250 e. The average molecular weight is 1670 g/mol. The van der Waals surface area contributed by atoms with E-state index >= 15 is 0 Å². The van der Waals surface area contributed by atoms with Crippen LogP contribution in [0.4, 0.5) is 22.7 Å². The minimum absolute atomic E-state index is 0.142. The van der Waals surface area contributed by atoms with Crippen LogP contribution in [0.1, 0.15) is 17.0 Å². The first kappa shape index (κ1) is 87.3. The van der Waals surface area contributed by atoms with Crippen molar-refractivity contribution in [2.45, 2.75) is 20.8 Å². The highest BCUT2D eigenvalue weighted by molar-refractivity contribution is 6.05. The van der Waals surface area contributed by atoms with Crippen molar-refractivity contribution in [1.29, 1.82) is 0 Å². The zero-order valence-electron chi connectivity index (χ0n) is 71.2.